The van der Waals surface area contributed by atoms with Gasteiger partial charge < -0.3 is 30.7 Å². The van der Waals surface area contributed by atoms with Gasteiger partial charge in [0.1, 0.15) is 12.1 Å². The van der Waals surface area contributed by atoms with Crippen molar-refractivity contribution in [2.75, 3.05) is 6.54 Å². The van der Waals surface area contributed by atoms with Crippen LogP contribution in [0.4, 0.5) is 0 Å². The van der Waals surface area contributed by atoms with E-state index in [-0.39, 0.29) is 49.6 Å². The normalized spacial score (nSPS) is 17.4. The SMILES string of the molecule is NNC(CCCCNC(=O)CCC(NC(=O)CCCCCCCCCCCCCCCCC(=O)O)C(=O)O)C1OC1O. The molecule has 1 aliphatic rings. The third kappa shape index (κ3) is 20.6. The summed E-state index contributed by atoms with van der Waals surface area (Å²) >= 11 is 0. The van der Waals surface area contributed by atoms with Gasteiger partial charge in [-0.1, -0.05) is 77.0 Å². The van der Waals surface area contributed by atoms with Crippen molar-refractivity contribution < 1.29 is 39.2 Å². The minimum atomic E-state index is -1.14. The van der Waals surface area contributed by atoms with Crippen LogP contribution in [0.25, 0.3) is 0 Å². The van der Waals surface area contributed by atoms with Gasteiger partial charge in [0.15, 0.2) is 6.29 Å². The van der Waals surface area contributed by atoms with Crippen LogP contribution in [0.15, 0.2) is 0 Å². The monoisotopic (exact) mass is 600 g/mol. The lowest BCUT2D eigenvalue weighted by Crippen LogP contribution is -2.41. The molecule has 1 fully saturated rings. The number of carbonyl (C=O) groups excluding carboxylic acids is 2. The van der Waals surface area contributed by atoms with Crippen LogP contribution in [-0.4, -0.2) is 70.1 Å². The number of epoxide rings is 1. The number of carboxylic acid groups (broad SMARTS) is 2. The Kier molecular flexibility index (Phi) is 21.7. The number of carbonyl (C=O) groups is 4. The highest BCUT2D eigenvalue weighted by Gasteiger charge is 2.42. The van der Waals surface area contributed by atoms with E-state index in [2.05, 4.69) is 16.1 Å². The van der Waals surface area contributed by atoms with Crippen LogP contribution in [0.1, 0.15) is 135 Å². The highest BCUT2D eigenvalue weighted by atomic mass is 16.7. The third-order valence-corrected chi connectivity index (χ3v) is 7.71. The minimum Gasteiger partial charge on any atom is -0.481 e. The first-order valence-electron chi connectivity index (χ1n) is 16.0. The molecular formula is C30H56N4O8. The van der Waals surface area contributed by atoms with Gasteiger partial charge in [0.25, 0.3) is 0 Å². The van der Waals surface area contributed by atoms with Crippen molar-refractivity contribution in [2.24, 2.45) is 5.84 Å². The number of hydrazine groups is 1. The molecule has 0 saturated carbocycles. The number of hydrogen-bond acceptors (Lipinski definition) is 8. The lowest BCUT2D eigenvalue weighted by atomic mass is 10.0. The molecule has 4 unspecified atom stereocenters. The standard InChI is InChI=1S/C30H56N4O8/c31-34-23(28-30(41)42-28)17-15-16-22-32-25(35)21-20-24(29(39)40)33-26(36)18-13-11-9-7-5-3-1-2-4-6-8-10-12-14-19-27(37)38/h23-24,28,30,34,41H,1-22,31H2,(H,32,35)(H,33,36)(H,37,38)(H,39,40). The summed E-state index contributed by atoms with van der Waals surface area (Å²) in [5.41, 5.74) is 2.62. The molecule has 1 rings (SSSR count). The first-order valence-corrected chi connectivity index (χ1v) is 16.0. The van der Waals surface area contributed by atoms with Crippen molar-refractivity contribution in [3.63, 3.8) is 0 Å². The Balaban J connectivity index is 1.96. The van der Waals surface area contributed by atoms with Crippen LogP contribution < -0.4 is 21.9 Å². The number of amides is 2. The molecule has 0 aromatic rings. The lowest BCUT2D eigenvalue weighted by Gasteiger charge is -2.15. The molecule has 1 heterocycles. The number of aliphatic hydroxyl groups is 1. The van der Waals surface area contributed by atoms with Gasteiger partial charge in [-0.15, -0.1) is 0 Å². The van der Waals surface area contributed by atoms with Gasteiger partial charge in [-0.05, 0) is 38.5 Å². The molecule has 2 amide bonds. The molecular weight excluding hydrogens is 544 g/mol. The fraction of sp³-hybridized carbons (Fsp3) is 0.867. The van der Waals surface area contributed by atoms with Crippen LogP contribution in [0.5, 0.6) is 0 Å². The summed E-state index contributed by atoms with van der Waals surface area (Å²) in [5.74, 6) is 3.06. The Morgan fingerprint density at radius 3 is 1.62 bits per heavy atom. The predicted molar refractivity (Wildman–Crippen MR) is 159 cm³/mol. The van der Waals surface area contributed by atoms with E-state index in [4.69, 9.17) is 15.7 Å². The average Bonchev–Trinajstić information content (AvgIpc) is 3.68. The van der Waals surface area contributed by atoms with E-state index in [0.717, 1.165) is 51.4 Å². The largest absolute Gasteiger partial charge is 0.481 e. The first kappa shape index (κ1) is 37.7. The third-order valence-electron chi connectivity index (χ3n) is 7.71. The van der Waals surface area contributed by atoms with Crippen LogP contribution in [0.2, 0.25) is 0 Å². The van der Waals surface area contributed by atoms with Crippen LogP contribution in [0.3, 0.4) is 0 Å². The molecule has 1 aliphatic heterocycles. The van der Waals surface area contributed by atoms with Gasteiger partial charge in [-0.25, -0.2) is 4.79 Å². The van der Waals surface area contributed by atoms with E-state index < -0.39 is 24.3 Å². The summed E-state index contributed by atoms with van der Waals surface area (Å²) in [6.45, 7) is 0.452. The summed E-state index contributed by atoms with van der Waals surface area (Å²) in [6, 6.07) is -1.22. The molecule has 42 heavy (non-hydrogen) atoms. The minimum absolute atomic E-state index is 0.0148. The molecule has 0 radical (unpaired) electrons. The molecule has 12 nitrogen and oxygen atoms in total. The average molecular weight is 601 g/mol. The number of hydrogen-bond donors (Lipinski definition) is 7. The number of nitrogens with two attached hydrogens (primary N) is 1. The van der Waals surface area contributed by atoms with E-state index in [1.807, 2.05) is 0 Å². The predicted octanol–water partition coefficient (Wildman–Crippen LogP) is 3.50. The number of unbranched alkanes of at least 4 members (excludes halogenated alkanes) is 14. The second-order valence-electron chi connectivity index (χ2n) is 11.5. The van der Waals surface area contributed by atoms with Gasteiger partial charge in [-0.2, -0.15) is 0 Å². The van der Waals surface area contributed by atoms with Gasteiger partial charge >= 0.3 is 11.9 Å². The molecule has 8 N–H and O–H groups in total. The van der Waals surface area contributed by atoms with Crippen molar-refractivity contribution in [2.45, 2.75) is 159 Å². The second-order valence-corrected chi connectivity index (χ2v) is 11.5. The van der Waals surface area contributed by atoms with Gasteiger partial charge in [-0.3, -0.25) is 25.7 Å². The molecule has 0 aliphatic carbocycles. The van der Waals surface area contributed by atoms with Crippen molar-refractivity contribution in [3.05, 3.63) is 0 Å². The number of ether oxygens (including phenoxy) is 1. The van der Waals surface area contributed by atoms with Crippen molar-refractivity contribution in [3.8, 4) is 0 Å². The van der Waals surface area contributed by atoms with Gasteiger partial charge in [0.2, 0.25) is 11.8 Å². The quantitative estimate of drug-likeness (QED) is 0.0288. The maximum Gasteiger partial charge on any atom is 0.326 e. The lowest BCUT2D eigenvalue weighted by molar-refractivity contribution is -0.142. The zero-order valence-electron chi connectivity index (χ0n) is 25.3. The maximum atomic E-state index is 12.2. The zero-order chi connectivity index (χ0) is 31.0. The number of nitrogens with one attached hydrogen (secondary N) is 3. The van der Waals surface area contributed by atoms with E-state index in [1.54, 1.807) is 0 Å². The number of rotatable bonds is 29. The topological polar surface area (TPSA) is 204 Å². The van der Waals surface area contributed by atoms with Crippen molar-refractivity contribution >= 4 is 23.8 Å². The highest BCUT2D eigenvalue weighted by Crippen LogP contribution is 2.25. The Bertz CT molecular complexity index is 770. The highest BCUT2D eigenvalue weighted by molar-refractivity contribution is 5.84. The fourth-order valence-corrected chi connectivity index (χ4v) is 5.04. The van der Waals surface area contributed by atoms with Gasteiger partial charge in [0, 0.05) is 25.8 Å². The molecule has 0 aromatic carbocycles. The fourth-order valence-electron chi connectivity index (χ4n) is 5.04. The van der Waals surface area contributed by atoms with Crippen LogP contribution in [-0.2, 0) is 23.9 Å². The summed E-state index contributed by atoms with van der Waals surface area (Å²) in [4.78, 5) is 46.3. The van der Waals surface area contributed by atoms with E-state index in [9.17, 15) is 29.4 Å². The Hall–Kier alpha value is -2.28. The number of aliphatic carboxylic acids is 2. The Labute approximate surface area is 250 Å². The molecule has 0 bridgehead atoms. The first-order chi connectivity index (χ1) is 20.2. The molecule has 4 atom stereocenters. The maximum absolute atomic E-state index is 12.2. The Morgan fingerprint density at radius 2 is 1.17 bits per heavy atom. The summed E-state index contributed by atoms with van der Waals surface area (Å²) < 4.78 is 4.99. The van der Waals surface area contributed by atoms with Crippen LogP contribution in [0, 0.1) is 0 Å². The smallest absolute Gasteiger partial charge is 0.326 e. The molecule has 0 aromatic heterocycles. The van der Waals surface area contributed by atoms with E-state index in [1.165, 1.54) is 44.9 Å². The van der Waals surface area contributed by atoms with Crippen molar-refractivity contribution in [1.82, 2.24) is 16.1 Å². The Morgan fingerprint density at radius 1 is 0.667 bits per heavy atom. The molecule has 0 spiro atoms. The second kappa shape index (κ2) is 24.2. The van der Waals surface area contributed by atoms with E-state index in [0.29, 0.717) is 19.4 Å². The van der Waals surface area contributed by atoms with Crippen LogP contribution >= 0.6 is 0 Å². The van der Waals surface area contributed by atoms with E-state index >= 15 is 0 Å². The summed E-state index contributed by atoms with van der Waals surface area (Å²) in [6.07, 6.45) is 17.1. The molecule has 244 valence electrons. The number of aliphatic hydroxyl groups excluding tert-OH is 1. The number of carboxylic acids is 2. The van der Waals surface area contributed by atoms with Gasteiger partial charge in [0.05, 0.1) is 6.04 Å². The summed E-state index contributed by atoms with van der Waals surface area (Å²) in [5, 5.41) is 32.7. The molecule has 1 saturated heterocycles. The summed E-state index contributed by atoms with van der Waals surface area (Å²) in [7, 11) is 0. The van der Waals surface area contributed by atoms with Crippen molar-refractivity contribution in [1.29, 1.82) is 0 Å². The molecule has 12 heteroatoms. The zero-order valence-corrected chi connectivity index (χ0v) is 25.3.